The molecule has 35 heavy (non-hydrogen) atoms. The summed E-state index contributed by atoms with van der Waals surface area (Å²) < 4.78 is 0. The highest BCUT2D eigenvalue weighted by molar-refractivity contribution is 6.04. The van der Waals surface area contributed by atoms with Gasteiger partial charge in [0.25, 0.3) is 0 Å². The summed E-state index contributed by atoms with van der Waals surface area (Å²) in [4.78, 5) is 27.5. The van der Waals surface area contributed by atoms with Gasteiger partial charge < -0.3 is 0 Å². The number of nitriles is 1. The monoisotopic (exact) mass is 473 g/mol. The van der Waals surface area contributed by atoms with Crippen LogP contribution in [0.15, 0.2) is 11.6 Å². The van der Waals surface area contributed by atoms with Crippen LogP contribution in [0.3, 0.4) is 0 Å². The van der Waals surface area contributed by atoms with Gasteiger partial charge in [-0.05, 0) is 84.4 Å². The number of carbonyl (C=O) groups excluding carboxylic acids is 2. The Kier molecular flexibility index (Phi) is 5.05. The Labute approximate surface area is 212 Å². The normalized spacial score (nSPS) is 49.8. The number of nitrogens with zero attached hydrogens (tertiary/aromatic N) is 1. The van der Waals surface area contributed by atoms with Crippen LogP contribution in [0.25, 0.3) is 0 Å². The SMILES string of the molecule is C#C[C@]12CCC(C)(C)C[C@@H]1[C@H]1C(=O)C[C@@H]3[C@@]4(C)C=C(C#N)C(=O)C(C)(C)[C@@H]4CC[C@@]3(C)[C@]1(C)CC2. The standard InChI is InChI=1S/C32H43NO2/c1-9-32-14-12-27(2,3)18-21(32)25-22(34)16-24-29(6)17-20(19-33)26(35)28(4,5)23(29)10-11-30(24,7)31(25,8)13-15-32/h1,17,21,23-25H,10-16,18H2,2-8H3/t21-,23+,24-,25+,29+,30-,31-,32-/m1/s1. The molecule has 0 saturated heterocycles. The molecule has 8 atom stereocenters. The Morgan fingerprint density at radius 2 is 1.57 bits per heavy atom. The number of fused-ring (bicyclic) bond motifs is 7. The summed E-state index contributed by atoms with van der Waals surface area (Å²) in [6.07, 6.45) is 16.0. The lowest BCUT2D eigenvalue weighted by atomic mass is 9.31. The summed E-state index contributed by atoms with van der Waals surface area (Å²) >= 11 is 0. The van der Waals surface area contributed by atoms with E-state index in [1.807, 2.05) is 19.9 Å². The summed E-state index contributed by atoms with van der Waals surface area (Å²) in [5.41, 5.74) is -0.725. The Morgan fingerprint density at radius 3 is 2.20 bits per heavy atom. The zero-order valence-electron chi connectivity index (χ0n) is 22.9. The third kappa shape index (κ3) is 2.91. The van der Waals surface area contributed by atoms with Crippen molar-refractivity contribution in [1.82, 2.24) is 0 Å². The Bertz CT molecular complexity index is 1110. The van der Waals surface area contributed by atoms with Crippen LogP contribution in [-0.2, 0) is 9.59 Å². The van der Waals surface area contributed by atoms with E-state index in [-0.39, 0.29) is 56.5 Å². The molecule has 0 bridgehead atoms. The molecular formula is C32H43NO2. The molecule has 5 rings (SSSR count). The van der Waals surface area contributed by atoms with Crippen LogP contribution in [0.1, 0.15) is 99.8 Å². The van der Waals surface area contributed by atoms with Crippen LogP contribution < -0.4 is 0 Å². The fraction of sp³-hybridized carbons (Fsp3) is 0.781. The minimum absolute atomic E-state index is 0.00549. The van der Waals surface area contributed by atoms with Gasteiger partial charge in [-0.25, -0.2) is 0 Å². The summed E-state index contributed by atoms with van der Waals surface area (Å²) in [5, 5.41) is 9.86. The molecule has 4 fully saturated rings. The van der Waals surface area contributed by atoms with Crippen molar-refractivity contribution in [3.63, 3.8) is 0 Å². The Balaban J connectivity index is 1.64. The Hall–Kier alpha value is -1.87. The van der Waals surface area contributed by atoms with E-state index in [1.54, 1.807) is 0 Å². The van der Waals surface area contributed by atoms with Crippen molar-refractivity contribution in [1.29, 1.82) is 5.26 Å². The van der Waals surface area contributed by atoms with E-state index in [0.29, 0.717) is 17.8 Å². The lowest BCUT2D eigenvalue weighted by molar-refractivity contribution is -0.216. The molecule has 5 aliphatic carbocycles. The molecule has 0 amide bonds. The van der Waals surface area contributed by atoms with Gasteiger partial charge in [0.15, 0.2) is 5.78 Å². The van der Waals surface area contributed by atoms with Gasteiger partial charge in [0.1, 0.15) is 11.9 Å². The largest absolute Gasteiger partial charge is 0.299 e. The van der Waals surface area contributed by atoms with E-state index in [0.717, 1.165) is 44.9 Å². The van der Waals surface area contributed by atoms with Crippen LogP contribution in [-0.4, -0.2) is 11.6 Å². The summed E-state index contributed by atoms with van der Waals surface area (Å²) in [7, 11) is 0. The van der Waals surface area contributed by atoms with Crippen molar-refractivity contribution in [2.75, 3.05) is 0 Å². The van der Waals surface area contributed by atoms with Crippen LogP contribution in [0.5, 0.6) is 0 Å². The fourth-order valence-electron chi connectivity index (χ4n) is 10.6. The van der Waals surface area contributed by atoms with Gasteiger partial charge in [-0.1, -0.05) is 60.5 Å². The summed E-state index contributed by atoms with van der Waals surface area (Å²) in [5.74, 6) is 4.15. The van der Waals surface area contributed by atoms with Crippen molar-refractivity contribution in [3.8, 4) is 18.4 Å². The molecule has 0 aromatic carbocycles. The number of allylic oxidation sites excluding steroid dienone is 2. The van der Waals surface area contributed by atoms with Crippen molar-refractivity contribution < 1.29 is 9.59 Å². The number of hydrogen-bond acceptors (Lipinski definition) is 3. The van der Waals surface area contributed by atoms with Gasteiger partial charge in [-0.15, -0.1) is 6.42 Å². The van der Waals surface area contributed by atoms with E-state index < -0.39 is 5.41 Å². The molecule has 0 spiro atoms. The fourth-order valence-corrected chi connectivity index (χ4v) is 10.6. The molecule has 5 aliphatic rings. The molecule has 0 aromatic rings. The third-order valence-electron chi connectivity index (χ3n) is 12.8. The molecule has 188 valence electrons. The first-order chi connectivity index (χ1) is 16.1. The van der Waals surface area contributed by atoms with Crippen molar-refractivity contribution in [2.24, 2.45) is 56.2 Å². The predicted octanol–water partition coefficient (Wildman–Crippen LogP) is 6.92. The first-order valence-electron chi connectivity index (χ1n) is 13.8. The maximum absolute atomic E-state index is 14.3. The van der Waals surface area contributed by atoms with Gasteiger partial charge in [0, 0.05) is 23.2 Å². The van der Waals surface area contributed by atoms with Crippen LogP contribution in [0.2, 0.25) is 0 Å². The Morgan fingerprint density at radius 1 is 0.914 bits per heavy atom. The minimum atomic E-state index is -0.588. The number of terminal acetylenes is 1. The van der Waals surface area contributed by atoms with Gasteiger partial charge in [-0.3, -0.25) is 9.59 Å². The molecule has 3 nitrogen and oxygen atoms in total. The van der Waals surface area contributed by atoms with E-state index in [2.05, 4.69) is 46.6 Å². The molecule has 0 heterocycles. The molecular weight excluding hydrogens is 430 g/mol. The molecule has 0 radical (unpaired) electrons. The number of rotatable bonds is 0. The van der Waals surface area contributed by atoms with Crippen molar-refractivity contribution >= 4 is 11.6 Å². The van der Waals surface area contributed by atoms with Crippen molar-refractivity contribution in [3.05, 3.63) is 11.6 Å². The number of Topliss-reactive ketones (excluding diaryl/α,β-unsaturated/α-hetero) is 2. The molecule has 3 heteroatoms. The lowest BCUT2D eigenvalue weighted by Crippen LogP contribution is -2.68. The van der Waals surface area contributed by atoms with Crippen LogP contribution in [0.4, 0.5) is 0 Å². The first kappa shape index (κ1) is 24.8. The van der Waals surface area contributed by atoms with E-state index in [4.69, 9.17) is 6.42 Å². The summed E-state index contributed by atoms with van der Waals surface area (Å²) in [6, 6.07) is 2.22. The zero-order chi connectivity index (χ0) is 25.8. The second kappa shape index (κ2) is 7.12. The molecule has 0 N–H and O–H groups in total. The average Bonchev–Trinajstić information content (AvgIpc) is 2.77. The molecule has 0 aromatic heterocycles. The highest BCUT2D eigenvalue weighted by atomic mass is 16.1. The quantitative estimate of drug-likeness (QED) is 0.359. The molecule has 0 aliphatic heterocycles. The van der Waals surface area contributed by atoms with Crippen LogP contribution in [0, 0.1) is 79.8 Å². The molecule has 4 saturated carbocycles. The van der Waals surface area contributed by atoms with Crippen LogP contribution >= 0.6 is 0 Å². The number of hydrogen-bond donors (Lipinski definition) is 0. The third-order valence-corrected chi connectivity index (χ3v) is 12.8. The topological polar surface area (TPSA) is 57.9 Å². The number of ketones is 2. The maximum atomic E-state index is 14.3. The predicted molar refractivity (Wildman–Crippen MR) is 138 cm³/mol. The maximum Gasteiger partial charge on any atom is 0.178 e. The first-order valence-corrected chi connectivity index (χ1v) is 13.8. The highest BCUT2D eigenvalue weighted by Crippen LogP contribution is 2.75. The van der Waals surface area contributed by atoms with Gasteiger partial charge >= 0.3 is 0 Å². The van der Waals surface area contributed by atoms with E-state index >= 15 is 0 Å². The minimum Gasteiger partial charge on any atom is -0.299 e. The zero-order valence-corrected chi connectivity index (χ0v) is 22.9. The van der Waals surface area contributed by atoms with Gasteiger partial charge in [0.2, 0.25) is 0 Å². The van der Waals surface area contributed by atoms with Gasteiger partial charge in [0.05, 0.1) is 5.57 Å². The van der Waals surface area contributed by atoms with Gasteiger partial charge in [-0.2, -0.15) is 5.26 Å². The average molecular weight is 474 g/mol. The van der Waals surface area contributed by atoms with Crippen molar-refractivity contribution in [2.45, 2.75) is 99.8 Å². The second-order valence-electron chi connectivity index (χ2n) is 15.0. The number of carbonyl (C=O) groups is 2. The van der Waals surface area contributed by atoms with E-state index in [9.17, 15) is 14.9 Å². The second-order valence-corrected chi connectivity index (χ2v) is 15.0. The lowest BCUT2D eigenvalue weighted by Gasteiger charge is -2.71. The highest BCUT2D eigenvalue weighted by Gasteiger charge is 2.72. The molecule has 0 unspecified atom stereocenters. The summed E-state index contributed by atoms with van der Waals surface area (Å²) in [6.45, 7) is 15.8. The van der Waals surface area contributed by atoms with E-state index in [1.165, 1.54) is 0 Å². The smallest absolute Gasteiger partial charge is 0.178 e.